The third-order valence-electron chi connectivity index (χ3n) is 5.29. The Morgan fingerprint density at radius 3 is 2.59 bits per heavy atom. The van der Waals surface area contributed by atoms with Gasteiger partial charge in [-0.2, -0.15) is 0 Å². The number of thiophene rings is 1. The van der Waals surface area contributed by atoms with Crippen molar-refractivity contribution < 1.29 is 4.42 Å². The van der Waals surface area contributed by atoms with E-state index in [9.17, 15) is 0 Å². The van der Waals surface area contributed by atoms with Crippen LogP contribution in [0.2, 0.25) is 0 Å². The predicted octanol–water partition coefficient (Wildman–Crippen LogP) is 7.50. The molecule has 0 unspecified atom stereocenters. The summed E-state index contributed by atoms with van der Waals surface area (Å²) in [4.78, 5) is 1.51. The number of furan rings is 1. The average molecular weight is 367 g/mol. The molecule has 0 radical (unpaired) electrons. The van der Waals surface area contributed by atoms with Gasteiger partial charge in [0.1, 0.15) is 11.2 Å². The van der Waals surface area contributed by atoms with Crippen LogP contribution in [0, 0.1) is 0 Å². The van der Waals surface area contributed by atoms with E-state index in [0.29, 0.717) is 0 Å². The van der Waals surface area contributed by atoms with Gasteiger partial charge in [0.25, 0.3) is 0 Å². The maximum absolute atomic E-state index is 5.93. The molecule has 3 heteroatoms. The number of para-hydroxylation sites is 1. The number of anilines is 2. The zero-order valence-corrected chi connectivity index (χ0v) is 15.5. The first kappa shape index (κ1) is 15.1. The van der Waals surface area contributed by atoms with Crippen LogP contribution < -0.4 is 5.32 Å². The first-order valence-corrected chi connectivity index (χ1v) is 10.1. The number of hydrogen-bond acceptors (Lipinski definition) is 3. The number of hydrogen-bond donors (Lipinski definition) is 1. The smallest absolute Gasteiger partial charge is 0.135 e. The summed E-state index contributed by atoms with van der Waals surface area (Å²) in [6.45, 7) is 0. The van der Waals surface area contributed by atoms with Gasteiger partial charge in [0, 0.05) is 37.1 Å². The third kappa shape index (κ3) is 2.39. The van der Waals surface area contributed by atoms with Crippen LogP contribution in [0.4, 0.5) is 11.4 Å². The minimum atomic E-state index is 0.925. The summed E-state index contributed by atoms with van der Waals surface area (Å²) in [5.74, 6) is 0. The van der Waals surface area contributed by atoms with Gasteiger partial charge in [0.05, 0.1) is 0 Å². The standard InChI is InChI=1S/C24H17NOS/c1-3-7-21-17(5-1)19-13-15(9-11-22(19)26-21)25-16-10-12-24-20(14-16)18-6-2-4-8-23(18)27-24/h1-3,5-7,9-14,25H,4,8H2. The van der Waals surface area contributed by atoms with Crippen molar-refractivity contribution in [2.75, 3.05) is 5.32 Å². The van der Waals surface area contributed by atoms with E-state index in [2.05, 4.69) is 59.9 Å². The topological polar surface area (TPSA) is 25.2 Å². The SMILES string of the molecule is C1=Cc2c(sc3ccc(Nc4ccc5oc6ccccc6c5c4)cc23)CC1. The summed E-state index contributed by atoms with van der Waals surface area (Å²) < 4.78 is 7.30. The van der Waals surface area contributed by atoms with Crippen LogP contribution in [-0.4, -0.2) is 0 Å². The maximum atomic E-state index is 5.93. The lowest BCUT2D eigenvalue weighted by Crippen LogP contribution is -1.90. The first-order chi connectivity index (χ1) is 13.3. The molecule has 2 aromatic heterocycles. The number of nitrogens with one attached hydrogen (secondary N) is 1. The lowest BCUT2D eigenvalue weighted by atomic mass is 10.0. The van der Waals surface area contributed by atoms with Gasteiger partial charge in [-0.05, 0) is 60.9 Å². The molecular weight excluding hydrogens is 350 g/mol. The van der Waals surface area contributed by atoms with E-state index < -0.39 is 0 Å². The van der Waals surface area contributed by atoms with E-state index in [1.54, 1.807) is 0 Å². The summed E-state index contributed by atoms with van der Waals surface area (Å²) in [5.41, 5.74) is 5.46. The summed E-state index contributed by atoms with van der Waals surface area (Å²) in [6, 6.07) is 21.2. The van der Waals surface area contributed by atoms with Crippen LogP contribution in [0.1, 0.15) is 16.9 Å². The van der Waals surface area contributed by atoms with Crippen molar-refractivity contribution in [1.82, 2.24) is 0 Å². The Labute approximate surface area is 160 Å². The highest BCUT2D eigenvalue weighted by Crippen LogP contribution is 2.38. The molecule has 5 aromatic rings. The van der Waals surface area contributed by atoms with Gasteiger partial charge >= 0.3 is 0 Å². The van der Waals surface area contributed by atoms with Gasteiger partial charge in [-0.3, -0.25) is 0 Å². The van der Waals surface area contributed by atoms with E-state index in [-0.39, 0.29) is 0 Å². The quantitative estimate of drug-likeness (QED) is 0.349. The molecule has 130 valence electrons. The molecule has 0 fully saturated rings. The highest BCUT2D eigenvalue weighted by Gasteiger charge is 2.13. The summed E-state index contributed by atoms with van der Waals surface area (Å²) >= 11 is 1.93. The second-order valence-corrected chi connectivity index (χ2v) is 8.16. The molecule has 1 N–H and O–H groups in total. The van der Waals surface area contributed by atoms with Crippen molar-refractivity contribution >= 4 is 60.8 Å². The second kappa shape index (κ2) is 5.73. The fourth-order valence-electron chi connectivity index (χ4n) is 4.00. The number of fused-ring (bicyclic) bond motifs is 6. The molecule has 1 aliphatic carbocycles. The van der Waals surface area contributed by atoms with Crippen molar-refractivity contribution in [1.29, 1.82) is 0 Å². The molecule has 27 heavy (non-hydrogen) atoms. The van der Waals surface area contributed by atoms with E-state index in [4.69, 9.17) is 4.42 Å². The molecule has 1 aliphatic rings. The van der Waals surface area contributed by atoms with Crippen LogP contribution in [0.15, 0.2) is 71.2 Å². The van der Waals surface area contributed by atoms with Gasteiger partial charge in [-0.15, -0.1) is 11.3 Å². The van der Waals surface area contributed by atoms with Crippen molar-refractivity contribution in [2.45, 2.75) is 12.8 Å². The van der Waals surface area contributed by atoms with Gasteiger partial charge in [0.2, 0.25) is 0 Å². The first-order valence-electron chi connectivity index (χ1n) is 9.25. The van der Waals surface area contributed by atoms with Crippen LogP contribution in [0.25, 0.3) is 38.1 Å². The Kier molecular flexibility index (Phi) is 3.20. The number of benzene rings is 3. The average Bonchev–Trinajstić information content (AvgIpc) is 3.26. The highest BCUT2D eigenvalue weighted by atomic mass is 32.1. The zero-order chi connectivity index (χ0) is 17.8. The summed E-state index contributed by atoms with van der Waals surface area (Å²) in [7, 11) is 0. The van der Waals surface area contributed by atoms with Gasteiger partial charge in [-0.25, -0.2) is 0 Å². The Balaban J connectivity index is 1.43. The highest BCUT2D eigenvalue weighted by molar-refractivity contribution is 7.19. The molecule has 6 rings (SSSR count). The fraction of sp³-hybridized carbons (Fsp3) is 0.0833. The predicted molar refractivity (Wildman–Crippen MR) is 116 cm³/mol. The molecule has 0 bridgehead atoms. The number of allylic oxidation sites excluding steroid dienone is 1. The van der Waals surface area contributed by atoms with Gasteiger partial charge in [-0.1, -0.05) is 30.4 Å². The molecule has 3 aromatic carbocycles. The van der Waals surface area contributed by atoms with E-state index >= 15 is 0 Å². The van der Waals surface area contributed by atoms with E-state index in [0.717, 1.165) is 46.2 Å². The van der Waals surface area contributed by atoms with Crippen molar-refractivity contribution in [3.05, 3.63) is 77.2 Å². The molecule has 0 atom stereocenters. The summed E-state index contributed by atoms with van der Waals surface area (Å²) in [6.07, 6.45) is 6.89. The molecular formula is C24H17NOS. The lowest BCUT2D eigenvalue weighted by Gasteiger charge is -2.08. The number of aryl methyl sites for hydroxylation is 1. The van der Waals surface area contributed by atoms with Crippen LogP contribution in [-0.2, 0) is 6.42 Å². The normalized spacial score (nSPS) is 13.5. The molecule has 0 amide bonds. The van der Waals surface area contributed by atoms with Gasteiger partial charge < -0.3 is 9.73 Å². The summed E-state index contributed by atoms with van der Waals surface area (Å²) in [5, 5.41) is 7.23. The fourth-order valence-corrected chi connectivity index (χ4v) is 5.19. The second-order valence-electron chi connectivity index (χ2n) is 7.03. The maximum Gasteiger partial charge on any atom is 0.135 e. The molecule has 0 saturated heterocycles. The van der Waals surface area contributed by atoms with Crippen molar-refractivity contribution in [3.8, 4) is 0 Å². The molecule has 0 aliphatic heterocycles. The van der Waals surface area contributed by atoms with Gasteiger partial charge in [0.15, 0.2) is 0 Å². The third-order valence-corrected chi connectivity index (χ3v) is 6.54. The minimum Gasteiger partial charge on any atom is -0.456 e. The monoisotopic (exact) mass is 367 g/mol. The Morgan fingerprint density at radius 1 is 0.815 bits per heavy atom. The lowest BCUT2D eigenvalue weighted by molar-refractivity contribution is 0.669. The number of rotatable bonds is 2. The van der Waals surface area contributed by atoms with E-state index in [1.165, 1.54) is 20.5 Å². The van der Waals surface area contributed by atoms with Crippen LogP contribution in [0.3, 0.4) is 0 Å². The van der Waals surface area contributed by atoms with Crippen LogP contribution >= 0.6 is 11.3 Å². The van der Waals surface area contributed by atoms with E-state index in [1.807, 2.05) is 29.5 Å². The minimum absolute atomic E-state index is 0.925. The van der Waals surface area contributed by atoms with Crippen LogP contribution in [0.5, 0.6) is 0 Å². The molecule has 0 saturated carbocycles. The Bertz CT molecular complexity index is 1360. The largest absolute Gasteiger partial charge is 0.456 e. The van der Waals surface area contributed by atoms with Crippen molar-refractivity contribution in [3.63, 3.8) is 0 Å². The Morgan fingerprint density at radius 2 is 1.63 bits per heavy atom. The Hall–Kier alpha value is -3.04. The molecule has 2 heterocycles. The molecule has 2 nitrogen and oxygen atoms in total. The zero-order valence-electron chi connectivity index (χ0n) is 14.7. The molecule has 0 spiro atoms. The van der Waals surface area contributed by atoms with Crippen molar-refractivity contribution in [2.24, 2.45) is 0 Å².